The maximum absolute atomic E-state index is 12.2. The molecule has 0 saturated heterocycles. The molecule has 1 N–H and O–H groups in total. The lowest BCUT2D eigenvalue weighted by Crippen LogP contribution is -2.31. The van der Waals surface area contributed by atoms with Crippen molar-refractivity contribution in [3.8, 4) is 0 Å². The summed E-state index contributed by atoms with van der Waals surface area (Å²) in [5.41, 5.74) is 7.44. The molecule has 0 fully saturated rings. The smallest absolute Gasteiger partial charge is 0.336 e. The predicted molar refractivity (Wildman–Crippen MR) is 113 cm³/mol. The highest BCUT2D eigenvalue weighted by atomic mass is 16.4. The van der Waals surface area contributed by atoms with Gasteiger partial charge in [-0.25, -0.2) is 9.78 Å². The van der Waals surface area contributed by atoms with E-state index in [1.807, 2.05) is 24.3 Å². The zero-order valence-corrected chi connectivity index (χ0v) is 16.5. The summed E-state index contributed by atoms with van der Waals surface area (Å²) in [6.07, 6.45) is 2.15. The molecule has 4 heteroatoms. The number of nitrogens with zero attached hydrogens (tertiary/aromatic N) is 2. The molecule has 0 spiro atoms. The molecule has 1 aliphatic rings. The molecule has 0 bridgehead atoms. The molecule has 0 saturated carbocycles. The van der Waals surface area contributed by atoms with Crippen LogP contribution in [0.3, 0.4) is 0 Å². The number of rotatable bonds is 3. The van der Waals surface area contributed by atoms with E-state index in [1.54, 1.807) is 0 Å². The second-order valence-corrected chi connectivity index (χ2v) is 7.45. The minimum Gasteiger partial charge on any atom is -0.478 e. The van der Waals surface area contributed by atoms with Crippen molar-refractivity contribution in [3.05, 3.63) is 76.0 Å². The van der Waals surface area contributed by atoms with Crippen LogP contribution in [-0.4, -0.2) is 34.0 Å². The van der Waals surface area contributed by atoms with E-state index in [4.69, 9.17) is 4.98 Å². The number of likely N-dealkylation sites (N-methyl/N-ethyl adjacent to an activating group) is 1. The zero-order valence-electron chi connectivity index (χ0n) is 16.5. The Morgan fingerprint density at radius 1 is 1.14 bits per heavy atom. The van der Waals surface area contributed by atoms with Crippen LogP contribution < -0.4 is 0 Å². The highest BCUT2D eigenvalue weighted by Crippen LogP contribution is 2.34. The first-order valence-electron chi connectivity index (χ1n) is 9.63. The van der Waals surface area contributed by atoms with Gasteiger partial charge in [-0.15, -0.1) is 0 Å². The summed E-state index contributed by atoms with van der Waals surface area (Å²) in [4.78, 5) is 19.3. The number of carboxylic acids is 1. The van der Waals surface area contributed by atoms with Crippen molar-refractivity contribution in [3.63, 3.8) is 0 Å². The van der Waals surface area contributed by atoms with Gasteiger partial charge >= 0.3 is 5.97 Å². The minimum absolute atomic E-state index is 0.379. The van der Waals surface area contributed by atoms with Gasteiger partial charge in [0.05, 0.1) is 16.8 Å². The van der Waals surface area contributed by atoms with Crippen LogP contribution in [-0.2, 0) is 6.54 Å². The van der Waals surface area contributed by atoms with Crippen LogP contribution >= 0.6 is 0 Å². The van der Waals surface area contributed by atoms with Crippen molar-refractivity contribution >= 4 is 28.5 Å². The van der Waals surface area contributed by atoms with Gasteiger partial charge in [0, 0.05) is 24.0 Å². The quantitative estimate of drug-likeness (QED) is 0.708. The molecule has 0 radical (unpaired) electrons. The SMILES string of the molecule is CCN1C/C(=C\c2ccc(C)c(C)c2)c2nc3ccccc3c(C(=O)O)c2C1. The number of para-hydroxylation sites is 1. The molecule has 0 aliphatic carbocycles. The number of aryl methyl sites for hydroxylation is 2. The Bertz CT molecular complexity index is 1120. The predicted octanol–water partition coefficient (Wildman–Crippen LogP) is 4.93. The van der Waals surface area contributed by atoms with Crippen molar-refractivity contribution in [2.45, 2.75) is 27.3 Å². The number of hydrogen-bond acceptors (Lipinski definition) is 3. The molecular formula is C24H24N2O2. The van der Waals surface area contributed by atoms with E-state index >= 15 is 0 Å². The van der Waals surface area contributed by atoms with Gasteiger partial charge in [0.25, 0.3) is 0 Å². The molecule has 2 heterocycles. The molecule has 28 heavy (non-hydrogen) atoms. The van der Waals surface area contributed by atoms with Crippen molar-refractivity contribution in [2.24, 2.45) is 0 Å². The molecular weight excluding hydrogens is 348 g/mol. The Labute approximate surface area is 165 Å². The average Bonchev–Trinajstić information content (AvgIpc) is 2.68. The topological polar surface area (TPSA) is 53.4 Å². The van der Waals surface area contributed by atoms with E-state index in [2.05, 4.69) is 49.9 Å². The van der Waals surface area contributed by atoms with Crippen molar-refractivity contribution in [1.82, 2.24) is 9.88 Å². The number of pyridine rings is 1. The summed E-state index contributed by atoms with van der Waals surface area (Å²) in [5, 5.41) is 10.7. The molecule has 0 unspecified atom stereocenters. The van der Waals surface area contributed by atoms with Crippen LogP contribution in [0.15, 0.2) is 42.5 Å². The molecule has 0 atom stereocenters. The molecule has 1 aromatic heterocycles. The number of carbonyl (C=O) groups is 1. The number of carboxylic acid groups (broad SMARTS) is 1. The first kappa shape index (κ1) is 18.4. The summed E-state index contributed by atoms with van der Waals surface area (Å²) >= 11 is 0. The highest BCUT2D eigenvalue weighted by Gasteiger charge is 2.27. The number of hydrogen-bond donors (Lipinski definition) is 1. The second-order valence-electron chi connectivity index (χ2n) is 7.45. The lowest BCUT2D eigenvalue weighted by atomic mass is 9.91. The van der Waals surface area contributed by atoms with Crippen molar-refractivity contribution in [2.75, 3.05) is 13.1 Å². The summed E-state index contributed by atoms with van der Waals surface area (Å²) in [6.45, 7) is 8.55. The maximum atomic E-state index is 12.2. The van der Waals surface area contributed by atoms with Crippen LogP contribution in [0.5, 0.6) is 0 Å². The Balaban J connectivity index is 1.97. The molecule has 142 valence electrons. The van der Waals surface area contributed by atoms with Gasteiger partial charge in [0.2, 0.25) is 0 Å². The first-order chi connectivity index (χ1) is 13.5. The number of aromatic nitrogens is 1. The van der Waals surface area contributed by atoms with Crippen LogP contribution in [0.1, 0.15) is 45.2 Å². The summed E-state index contributed by atoms with van der Waals surface area (Å²) in [6, 6.07) is 13.9. The van der Waals surface area contributed by atoms with Gasteiger partial charge in [-0.2, -0.15) is 0 Å². The van der Waals surface area contributed by atoms with Crippen LogP contribution in [0, 0.1) is 13.8 Å². The standard InChI is InChI=1S/C24H24N2O2/c1-4-26-13-18(12-17-10-9-15(2)16(3)11-17)23-20(14-26)22(24(27)28)19-7-5-6-8-21(19)25-23/h5-12H,4,13-14H2,1-3H3,(H,27,28)/b18-12+. The second kappa shape index (κ2) is 7.21. The van der Waals surface area contributed by atoms with Crippen LogP contribution in [0.4, 0.5) is 0 Å². The normalized spacial score (nSPS) is 15.8. The van der Waals surface area contributed by atoms with E-state index in [0.717, 1.165) is 41.0 Å². The first-order valence-corrected chi connectivity index (χ1v) is 9.63. The Morgan fingerprint density at radius 3 is 2.64 bits per heavy atom. The van der Waals surface area contributed by atoms with E-state index in [1.165, 1.54) is 11.1 Å². The van der Waals surface area contributed by atoms with Crippen LogP contribution in [0.25, 0.3) is 22.6 Å². The lowest BCUT2D eigenvalue weighted by Gasteiger charge is -2.30. The minimum atomic E-state index is -0.890. The molecule has 0 amide bonds. The zero-order chi connectivity index (χ0) is 19.8. The molecule has 4 nitrogen and oxygen atoms in total. The number of benzene rings is 2. The third kappa shape index (κ3) is 3.20. The Kier molecular flexibility index (Phi) is 4.73. The third-order valence-electron chi connectivity index (χ3n) is 5.61. The van der Waals surface area contributed by atoms with Gasteiger partial charge in [-0.1, -0.05) is 43.3 Å². The molecule has 3 aromatic rings. The van der Waals surface area contributed by atoms with E-state index in [9.17, 15) is 9.90 Å². The summed E-state index contributed by atoms with van der Waals surface area (Å²) < 4.78 is 0. The van der Waals surface area contributed by atoms with Gasteiger partial charge in [0.15, 0.2) is 0 Å². The third-order valence-corrected chi connectivity index (χ3v) is 5.61. The number of fused-ring (bicyclic) bond motifs is 2. The largest absolute Gasteiger partial charge is 0.478 e. The summed E-state index contributed by atoms with van der Waals surface area (Å²) in [5.74, 6) is -0.890. The van der Waals surface area contributed by atoms with Crippen molar-refractivity contribution in [1.29, 1.82) is 0 Å². The average molecular weight is 372 g/mol. The maximum Gasteiger partial charge on any atom is 0.336 e. The van der Waals surface area contributed by atoms with Gasteiger partial charge in [-0.3, -0.25) is 4.90 Å². The Morgan fingerprint density at radius 2 is 1.93 bits per heavy atom. The molecule has 2 aromatic carbocycles. The fourth-order valence-corrected chi connectivity index (χ4v) is 3.90. The van der Waals surface area contributed by atoms with Gasteiger partial charge in [0.1, 0.15) is 0 Å². The van der Waals surface area contributed by atoms with E-state index < -0.39 is 5.97 Å². The fraction of sp³-hybridized carbons (Fsp3) is 0.250. The monoisotopic (exact) mass is 372 g/mol. The summed E-state index contributed by atoms with van der Waals surface area (Å²) in [7, 11) is 0. The molecule has 4 rings (SSSR count). The van der Waals surface area contributed by atoms with E-state index in [-0.39, 0.29) is 0 Å². The van der Waals surface area contributed by atoms with Crippen molar-refractivity contribution < 1.29 is 9.90 Å². The lowest BCUT2D eigenvalue weighted by molar-refractivity contribution is 0.0696. The van der Waals surface area contributed by atoms with Gasteiger partial charge < -0.3 is 5.11 Å². The number of aromatic carboxylic acids is 1. The Hall–Kier alpha value is -2.98. The van der Waals surface area contributed by atoms with Gasteiger partial charge in [-0.05, 0) is 54.8 Å². The molecule has 1 aliphatic heterocycles. The highest BCUT2D eigenvalue weighted by molar-refractivity contribution is 6.06. The van der Waals surface area contributed by atoms with E-state index in [0.29, 0.717) is 17.5 Å². The van der Waals surface area contributed by atoms with Crippen LogP contribution in [0.2, 0.25) is 0 Å². The fourth-order valence-electron chi connectivity index (χ4n) is 3.90.